The molecule has 2 aliphatic carbocycles. The van der Waals surface area contributed by atoms with E-state index >= 15 is 0 Å². The predicted octanol–water partition coefficient (Wildman–Crippen LogP) is 5.30. The maximum atomic E-state index is 14.4. The molecule has 0 atom stereocenters. The fraction of sp³-hybridized carbons (Fsp3) is 0.526. The van der Waals surface area contributed by atoms with Gasteiger partial charge in [0, 0.05) is 12.0 Å². The van der Waals surface area contributed by atoms with Gasteiger partial charge in [-0.3, -0.25) is 10.1 Å². The average molecular weight is 394 g/mol. The summed E-state index contributed by atoms with van der Waals surface area (Å²) in [6, 6.07) is 2.56. The number of aromatic nitrogens is 2. The molecular weight excluding hydrogens is 376 g/mol. The van der Waals surface area contributed by atoms with E-state index in [1.54, 1.807) is 4.57 Å². The Bertz CT molecular complexity index is 1010. The molecule has 0 radical (unpaired) electrons. The third-order valence-corrected chi connectivity index (χ3v) is 6.00. The molecular formula is C19H18F4N4O. The number of halogens is 4. The molecule has 0 saturated heterocycles. The number of anilines is 1. The smallest absolute Gasteiger partial charge is 0.305 e. The van der Waals surface area contributed by atoms with E-state index in [4.69, 9.17) is 6.57 Å². The van der Waals surface area contributed by atoms with Gasteiger partial charge in [0.1, 0.15) is 11.3 Å². The van der Waals surface area contributed by atoms with Crippen molar-refractivity contribution in [1.82, 2.24) is 9.55 Å². The zero-order chi connectivity index (χ0) is 20.3. The summed E-state index contributed by atoms with van der Waals surface area (Å²) in [5.41, 5.74) is -1.95. The first-order valence-electron chi connectivity index (χ1n) is 9.05. The number of amides is 1. The summed E-state index contributed by atoms with van der Waals surface area (Å²) < 4.78 is 55.6. The first-order chi connectivity index (χ1) is 13.1. The molecule has 1 aromatic heterocycles. The Morgan fingerprint density at radius 2 is 2.00 bits per heavy atom. The number of alkyl halides is 3. The number of nitrogens with one attached hydrogen (secondary N) is 1. The lowest BCUT2D eigenvalue weighted by Gasteiger charge is -2.41. The van der Waals surface area contributed by atoms with Crippen LogP contribution in [0.2, 0.25) is 0 Å². The van der Waals surface area contributed by atoms with Crippen LogP contribution in [0.3, 0.4) is 0 Å². The standard InChI is InChI=1S/C19H18F4N4O/c1-17(4-3-5-17)27-13-9-11(24-2)8-12(20)15(13)26-16(27)25-14(28)10-18(6-7-18)19(21,22)23/h8-9H,3-7,10H2,1H3,(H,25,26,28). The second-order valence-electron chi connectivity index (χ2n) is 8.03. The lowest BCUT2D eigenvalue weighted by molar-refractivity contribution is -0.189. The summed E-state index contributed by atoms with van der Waals surface area (Å²) in [4.78, 5) is 19.8. The fourth-order valence-electron chi connectivity index (χ4n) is 3.92. The Morgan fingerprint density at radius 1 is 1.32 bits per heavy atom. The summed E-state index contributed by atoms with van der Waals surface area (Å²) in [5, 5.41) is 2.48. The number of fused-ring (bicyclic) bond motifs is 1. The van der Waals surface area contributed by atoms with Gasteiger partial charge < -0.3 is 4.57 Å². The van der Waals surface area contributed by atoms with E-state index in [9.17, 15) is 22.4 Å². The topological polar surface area (TPSA) is 51.3 Å². The van der Waals surface area contributed by atoms with Crippen LogP contribution in [0.5, 0.6) is 0 Å². The Labute approximate surface area is 158 Å². The molecule has 0 spiro atoms. The Balaban J connectivity index is 1.73. The van der Waals surface area contributed by atoms with Crippen LogP contribution in [0.15, 0.2) is 12.1 Å². The van der Waals surface area contributed by atoms with Crippen LogP contribution in [-0.4, -0.2) is 21.6 Å². The summed E-state index contributed by atoms with van der Waals surface area (Å²) in [6.45, 7) is 9.06. The van der Waals surface area contributed by atoms with Gasteiger partial charge in [-0.15, -0.1) is 0 Å². The highest BCUT2D eigenvalue weighted by Gasteiger charge is 2.63. The van der Waals surface area contributed by atoms with Crippen molar-refractivity contribution in [2.75, 3.05) is 5.32 Å². The molecule has 2 fully saturated rings. The van der Waals surface area contributed by atoms with Gasteiger partial charge in [-0.05, 0) is 51.2 Å². The van der Waals surface area contributed by atoms with Crippen LogP contribution in [0, 0.1) is 17.8 Å². The highest BCUT2D eigenvalue weighted by Crippen LogP contribution is 2.60. The van der Waals surface area contributed by atoms with Crippen molar-refractivity contribution < 1.29 is 22.4 Å². The number of nitrogens with zero attached hydrogens (tertiary/aromatic N) is 3. The van der Waals surface area contributed by atoms with E-state index in [1.807, 2.05) is 6.92 Å². The van der Waals surface area contributed by atoms with Gasteiger partial charge >= 0.3 is 6.18 Å². The average Bonchev–Trinajstić information content (AvgIpc) is 3.27. The number of benzene rings is 1. The molecule has 1 N–H and O–H groups in total. The summed E-state index contributed by atoms with van der Waals surface area (Å²) in [6.07, 6.45) is -2.78. The lowest BCUT2D eigenvalue weighted by Crippen LogP contribution is -2.38. The second kappa shape index (κ2) is 5.93. The molecule has 1 amide bonds. The molecule has 1 heterocycles. The van der Waals surface area contributed by atoms with Gasteiger partial charge in [0.2, 0.25) is 11.9 Å². The number of rotatable bonds is 4. The third kappa shape index (κ3) is 2.82. The molecule has 9 heteroatoms. The zero-order valence-corrected chi connectivity index (χ0v) is 15.2. The van der Waals surface area contributed by atoms with Crippen molar-refractivity contribution in [3.63, 3.8) is 0 Å². The maximum Gasteiger partial charge on any atom is 0.395 e. The molecule has 0 unspecified atom stereocenters. The molecule has 2 aliphatic rings. The highest BCUT2D eigenvalue weighted by atomic mass is 19.4. The minimum absolute atomic E-state index is 0.00668. The van der Waals surface area contributed by atoms with E-state index in [-0.39, 0.29) is 30.0 Å². The molecule has 2 saturated carbocycles. The van der Waals surface area contributed by atoms with Crippen LogP contribution in [0.25, 0.3) is 15.9 Å². The van der Waals surface area contributed by atoms with Crippen LogP contribution in [-0.2, 0) is 10.3 Å². The van der Waals surface area contributed by atoms with Crippen molar-refractivity contribution in [1.29, 1.82) is 0 Å². The van der Waals surface area contributed by atoms with Gasteiger partial charge in [0.15, 0.2) is 5.69 Å². The third-order valence-electron chi connectivity index (χ3n) is 6.00. The molecule has 0 aliphatic heterocycles. The quantitative estimate of drug-likeness (QED) is 0.565. The second-order valence-corrected chi connectivity index (χ2v) is 8.03. The molecule has 2 aromatic rings. The van der Waals surface area contributed by atoms with Crippen LogP contribution in [0.4, 0.5) is 29.2 Å². The van der Waals surface area contributed by atoms with Crippen LogP contribution in [0.1, 0.15) is 45.4 Å². The van der Waals surface area contributed by atoms with E-state index in [0.717, 1.165) is 25.3 Å². The van der Waals surface area contributed by atoms with Crippen LogP contribution < -0.4 is 5.32 Å². The molecule has 4 rings (SSSR count). The molecule has 5 nitrogen and oxygen atoms in total. The highest BCUT2D eigenvalue weighted by molar-refractivity contribution is 5.93. The van der Waals surface area contributed by atoms with Gasteiger partial charge in [-0.25, -0.2) is 14.2 Å². The van der Waals surface area contributed by atoms with E-state index in [2.05, 4.69) is 15.1 Å². The number of hydrogen-bond donors (Lipinski definition) is 1. The molecule has 0 bridgehead atoms. The Hall–Kier alpha value is -2.63. The molecule has 28 heavy (non-hydrogen) atoms. The minimum Gasteiger partial charge on any atom is -0.305 e. The summed E-state index contributed by atoms with van der Waals surface area (Å²) >= 11 is 0. The van der Waals surface area contributed by atoms with E-state index < -0.39 is 35.3 Å². The van der Waals surface area contributed by atoms with Crippen molar-refractivity contribution in [3.05, 3.63) is 29.4 Å². The van der Waals surface area contributed by atoms with E-state index in [1.165, 1.54) is 6.07 Å². The summed E-state index contributed by atoms with van der Waals surface area (Å²) in [7, 11) is 0. The van der Waals surface area contributed by atoms with Crippen LogP contribution >= 0.6 is 0 Å². The first kappa shape index (κ1) is 18.7. The van der Waals surface area contributed by atoms with Gasteiger partial charge in [0.25, 0.3) is 0 Å². The zero-order valence-electron chi connectivity index (χ0n) is 15.2. The number of carbonyl (C=O) groups is 1. The van der Waals surface area contributed by atoms with Crippen molar-refractivity contribution in [2.45, 2.75) is 57.2 Å². The van der Waals surface area contributed by atoms with E-state index in [0.29, 0.717) is 5.52 Å². The monoisotopic (exact) mass is 394 g/mol. The maximum absolute atomic E-state index is 14.4. The number of carbonyl (C=O) groups excluding carboxylic acids is 1. The van der Waals surface area contributed by atoms with Gasteiger partial charge in [0.05, 0.1) is 17.5 Å². The Morgan fingerprint density at radius 3 is 2.50 bits per heavy atom. The number of imidazole rings is 1. The first-order valence-corrected chi connectivity index (χ1v) is 9.05. The van der Waals surface area contributed by atoms with Crippen molar-refractivity contribution in [2.24, 2.45) is 5.41 Å². The largest absolute Gasteiger partial charge is 0.395 e. The summed E-state index contributed by atoms with van der Waals surface area (Å²) in [5.74, 6) is -1.46. The van der Waals surface area contributed by atoms with Crippen molar-refractivity contribution >= 4 is 28.6 Å². The minimum atomic E-state index is -4.43. The number of hydrogen-bond acceptors (Lipinski definition) is 2. The normalized spacial score (nSPS) is 19.7. The molecule has 1 aromatic carbocycles. The fourth-order valence-corrected chi connectivity index (χ4v) is 3.92. The Kier molecular flexibility index (Phi) is 3.97. The lowest BCUT2D eigenvalue weighted by atomic mass is 9.78. The molecule has 148 valence electrons. The van der Waals surface area contributed by atoms with Gasteiger partial charge in [-0.1, -0.05) is 0 Å². The predicted molar refractivity (Wildman–Crippen MR) is 94.4 cm³/mol. The SMILES string of the molecule is [C-]#[N+]c1cc(F)c2nc(NC(=O)CC3(C(F)(F)F)CC3)n(C3(C)CCC3)c2c1. The van der Waals surface area contributed by atoms with Crippen molar-refractivity contribution in [3.8, 4) is 0 Å². The van der Waals surface area contributed by atoms with Gasteiger partial charge in [-0.2, -0.15) is 13.2 Å².